The number of hydrogen-bond donors (Lipinski definition) is 2. The number of aryl methyl sites for hydroxylation is 1. The van der Waals surface area contributed by atoms with E-state index in [9.17, 15) is 4.79 Å². The quantitative estimate of drug-likeness (QED) is 0.868. The fraction of sp³-hybridized carbons (Fsp3) is 0.750. The van der Waals surface area contributed by atoms with Gasteiger partial charge in [-0.3, -0.25) is 9.48 Å². The molecular weight excluding hydrogens is 300 g/mol. The van der Waals surface area contributed by atoms with E-state index in [4.69, 9.17) is 0 Å². The molecule has 2 fully saturated rings. The van der Waals surface area contributed by atoms with Crippen LogP contribution in [0.3, 0.4) is 0 Å². The van der Waals surface area contributed by atoms with Gasteiger partial charge < -0.3 is 10.6 Å². The average Bonchev–Trinajstić information content (AvgIpc) is 3.18. The minimum absolute atomic E-state index is 0. The highest BCUT2D eigenvalue weighted by Crippen LogP contribution is 2.29. The molecule has 2 N–H and O–H groups in total. The van der Waals surface area contributed by atoms with Crippen LogP contribution < -0.4 is 10.6 Å². The molecule has 1 aromatic rings. The molecule has 0 radical (unpaired) electrons. The third kappa shape index (κ3) is 4.02. The third-order valence-corrected chi connectivity index (χ3v) is 5.03. The second-order valence-electron chi connectivity index (χ2n) is 6.55. The Morgan fingerprint density at radius 2 is 2.18 bits per heavy atom. The van der Waals surface area contributed by atoms with E-state index in [2.05, 4.69) is 15.7 Å². The Balaban J connectivity index is 0.00000176. The number of rotatable bonds is 5. The summed E-state index contributed by atoms with van der Waals surface area (Å²) in [6.07, 6.45) is 10.5. The Hall–Kier alpha value is -1.07. The Morgan fingerprint density at radius 1 is 1.41 bits per heavy atom. The number of hydrogen-bond acceptors (Lipinski definition) is 3. The molecule has 124 valence electrons. The molecule has 0 aromatic carbocycles. The zero-order valence-corrected chi connectivity index (χ0v) is 14.1. The van der Waals surface area contributed by atoms with E-state index >= 15 is 0 Å². The van der Waals surface area contributed by atoms with Gasteiger partial charge in [-0.1, -0.05) is 25.7 Å². The highest BCUT2D eigenvalue weighted by Gasteiger charge is 2.34. The van der Waals surface area contributed by atoms with Crippen molar-refractivity contribution in [2.24, 2.45) is 18.9 Å². The van der Waals surface area contributed by atoms with E-state index in [0.717, 1.165) is 32.0 Å². The van der Waals surface area contributed by atoms with Gasteiger partial charge in [0.15, 0.2) is 0 Å². The normalized spacial score (nSPS) is 25.1. The molecule has 2 atom stereocenters. The molecule has 22 heavy (non-hydrogen) atoms. The van der Waals surface area contributed by atoms with Gasteiger partial charge >= 0.3 is 0 Å². The molecule has 6 heteroatoms. The van der Waals surface area contributed by atoms with Gasteiger partial charge in [0.05, 0.1) is 12.1 Å². The maximum atomic E-state index is 12.4. The SMILES string of the molecule is Cl.Cn1cc([C@H]2CNC[C@@H]2C(=O)NCCC2CCCC2)cn1. The van der Waals surface area contributed by atoms with Crippen LogP contribution in [0, 0.1) is 11.8 Å². The smallest absolute Gasteiger partial charge is 0.225 e. The standard InChI is InChI=1S/C16H26N4O.ClH/c1-20-11-13(8-19-20)14-9-17-10-15(14)16(21)18-7-6-12-4-2-3-5-12;/h8,11-12,14-15,17H,2-7,9-10H2,1H3,(H,18,21);1H/t14-,15+;/m1./s1. The van der Waals surface area contributed by atoms with Crippen molar-refractivity contribution in [3.63, 3.8) is 0 Å². The number of carbonyl (C=O) groups excluding carboxylic acids is 1. The largest absolute Gasteiger partial charge is 0.356 e. The van der Waals surface area contributed by atoms with Crippen molar-refractivity contribution in [1.82, 2.24) is 20.4 Å². The zero-order valence-electron chi connectivity index (χ0n) is 13.3. The van der Waals surface area contributed by atoms with Crippen LogP contribution in [0.4, 0.5) is 0 Å². The third-order valence-electron chi connectivity index (χ3n) is 5.03. The average molecular weight is 327 g/mol. The van der Waals surface area contributed by atoms with Crippen LogP contribution in [0.5, 0.6) is 0 Å². The van der Waals surface area contributed by atoms with E-state index in [-0.39, 0.29) is 30.2 Å². The number of halogens is 1. The number of amides is 1. The van der Waals surface area contributed by atoms with Gasteiger partial charge in [0.1, 0.15) is 0 Å². The molecule has 1 saturated heterocycles. The highest BCUT2D eigenvalue weighted by molar-refractivity contribution is 5.85. The van der Waals surface area contributed by atoms with Gasteiger partial charge in [0.2, 0.25) is 5.91 Å². The van der Waals surface area contributed by atoms with Crippen LogP contribution in [-0.2, 0) is 11.8 Å². The zero-order chi connectivity index (χ0) is 14.7. The highest BCUT2D eigenvalue weighted by atomic mass is 35.5. The molecule has 0 unspecified atom stereocenters. The minimum Gasteiger partial charge on any atom is -0.356 e. The molecule has 1 aliphatic carbocycles. The number of nitrogens with zero attached hydrogens (tertiary/aromatic N) is 2. The van der Waals surface area contributed by atoms with Gasteiger partial charge in [-0.25, -0.2) is 0 Å². The number of aromatic nitrogens is 2. The molecule has 0 bridgehead atoms. The molecule has 1 saturated carbocycles. The van der Waals surface area contributed by atoms with Crippen LogP contribution in [0.2, 0.25) is 0 Å². The molecule has 2 aliphatic rings. The predicted molar refractivity (Wildman–Crippen MR) is 89.1 cm³/mol. The van der Waals surface area contributed by atoms with Gasteiger partial charge in [-0.15, -0.1) is 12.4 Å². The van der Waals surface area contributed by atoms with Gasteiger partial charge in [-0.05, 0) is 17.9 Å². The lowest BCUT2D eigenvalue weighted by Crippen LogP contribution is -2.35. The van der Waals surface area contributed by atoms with Crippen molar-refractivity contribution in [2.45, 2.75) is 38.0 Å². The van der Waals surface area contributed by atoms with E-state index in [0.29, 0.717) is 0 Å². The summed E-state index contributed by atoms with van der Waals surface area (Å²) in [5.41, 5.74) is 1.17. The summed E-state index contributed by atoms with van der Waals surface area (Å²) in [6, 6.07) is 0. The molecule has 1 aliphatic heterocycles. The summed E-state index contributed by atoms with van der Waals surface area (Å²) in [4.78, 5) is 12.4. The summed E-state index contributed by atoms with van der Waals surface area (Å²) in [7, 11) is 1.92. The summed E-state index contributed by atoms with van der Waals surface area (Å²) >= 11 is 0. The molecule has 3 rings (SSSR count). The summed E-state index contributed by atoms with van der Waals surface area (Å²) in [5.74, 6) is 1.33. The maximum absolute atomic E-state index is 12.4. The maximum Gasteiger partial charge on any atom is 0.225 e. The molecule has 5 nitrogen and oxygen atoms in total. The van der Waals surface area contributed by atoms with Crippen molar-refractivity contribution >= 4 is 18.3 Å². The van der Waals surface area contributed by atoms with E-state index in [1.165, 1.54) is 31.2 Å². The second kappa shape index (κ2) is 7.97. The summed E-state index contributed by atoms with van der Waals surface area (Å²) in [5, 5.41) is 10.7. The predicted octanol–water partition coefficient (Wildman–Crippen LogP) is 1.84. The van der Waals surface area contributed by atoms with Gasteiger partial charge in [0.25, 0.3) is 0 Å². The van der Waals surface area contributed by atoms with Crippen molar-refractivity contribution in [2.75, 3.05) is 19.6 Å². The first-order valence-electron chi connectivity index (χ1n) is 8.21. The van der Waals surface area contributed by atoms with Crippen LogP contribution in [0.15, 0.2) is 12.4 Å². The lowest BCUT2D eigenvalue weighted by Gasteiger charge is -2.17. The van der Waals surface area contributed by atoms with E-state index in [1.54, 1.807) is 0 Å². The molecule has 2 heterocycles. The Bertz CT molecular complexity index is 484. The van der Waals surface area contributed by atoms with Crippen LogP contribution in [-0.4, -0.2) is 35.3 Å². The molecule has 1 aromatic heterocycles. The van der Waals surface area contributed by atoms with Crippen molar-refractivity contribution in [3.8, 4) is 0 Å². The topological polar surface area (TPSA) is 59.0 Å². The van der Waals surface area contributed by atoms with E-state index in [1.807, 2.05) is 24.1 Å². The lowest BCUT2D eigenvalue weighted by atomic mass is 9.90. The first-order chi connectivity index (χ1) is 10.2. The first kappa shape index (κ1) is 17.3. The summed E-state index contributed by atoms with van der Waals surface area (Å²) in [6.45, 7) is 2.47. The van der Waals surface area contributed by atoms with Crippen molar-refractivity contribution in [1.29, 1.82) is 0 Å². The molecule has 0 spiro atoms. The van der Waals surface area contributed by atoms with E-state index < -0.39 is 0 Å². The molecular formula is C16H27ClN4O. The fourth-order valence-electron chi connectivity index (χ4n) is 3.77. The first-order valence-corrected chi connectivity index (χ1v) is 8.21. The number of carbonyl (C=O) groups is 1. The van der Waals surface area contributed by atoms with Crippen molar-refractivity contribution < 1.29 is 4.79 Å². The minimum atomic E-state index is 0. The Labute approximate surface area is 138 Å². The van der Waals surface area contributed by atoms with Crippen molar-refractivity contribution in [3.05, 3.63) is 18.0 Å². The fourth-order valence-corrected chi connectivity index (χ4v) is 3.77. The van der Waals surface area contributed by atoms with Gasteiger partial charge in [-0.2, -0.15) is 5.10 Å². The monoisotopic (exact) mass is 326 g/mol. The van der Waals surface area contributed by atoms with Crippen LogP contribution >= 0.6 is 12.4 Å². The van der Waals surface area contributed by atoms with Crippen LogP contribution in [0.1, 0.15) is 43.6 Å². The molecule has 1 amide bonds. The Morgan fingerprint density at radius 3 is 2.86 bits per heavy atom. The second-order valence-corrected chi connectivity index (χ2v) is 6.55. The lowest BCUT2D eigenvalue weighted by molar-refractivity contribution is -0.124. The van der Waals surface area contributed by atoms with Crippen LogP contribution in [0.25, 0.3) is 0 Å². The summed E-state index contributed by atoms with van der Waals surface area (Å²) < 4.78 is 1.81. The van der Waals surface area contributed by atoms with Gasteiger partial charge in [0, 0.05) is 38.8 Å². The Kier molecular flexibility index (Phi) is 6.26. The number of nitrogens with one attached hydrogen (secondary N) is 2.